The summed E-state index contributed by atoms with van der Waals surface area (Å²) in [6.45, 7) is 2.65. The van der Waals surface area contributed by atoms with Crippen LogP contribution in [0.1, 0.15) is 19.3 Å². The Hall–Kier alpha value is -2.31. The van der Waals surface area contributed by atoms with Gasteiger partial charge in [-0.3, -0.25) is 9.78 Å². The van der Waals surface area contributed by atoms with E-state index in [0.717, 1.165) is 38.0 Å². The second-order valence-electron chi connectivity index (χ2n) is 6.28. The number of hydrogen-bond donors (Lipinski definition) is 2. The molecule has 7 heteroatoms. The number of piperidine rings is 1. The molecule has 132 valence electrons. The number of carbonyl (C=O) groups is 2. The Bertz CT molecular complexity index is 535. The maximum absolute atomic E-state index is 12.3. The summed E-state index contributed by atoms with van der Waals surface area (Å²) < 4.78 is 0. The second-order valence-corrected chi connectivity index (χ2v) is 6.28. The first-order valence-electron chi connectivity index (χ1n) is 8.46. The monoisotopic (exact) mass is 333 g/mol. The SMILES string of the molecule is CN(C)C(=O)N1CCCC(C(=O)NCCCNc2cccnc2)C1. The Balaban J connectivity index is 1.65. The molecule has 0 saturated carbocycles. The highest BCUT2D eigenvalue weighted by atomic mass is 16.2. The van der Waals surface area contributed by atoms with Crippen LogP contribution in [-0.2, 0) is 4.79 Å². The molecule has 1 fully saturated rings. The van der Waals surface area contributed by atoms with E-state index in [4.69, 9.17) is 0 Å². The van der Waals surface area contributed by atoms with Crippen molar-refractivity contribution in [1.82, 2.24) is 20.1 Å². The van der Waals surface area contributed by atoms with Crippen LogP contribution in [0.4, 0.5) is 10.5 Å². The van der Waals surface area contributed by atoms with E-state index in [2.05, 4.69) is 15.6 Å². The van der Waals surface area contributed by atoms with Gasteiger partial charge in [-0.05, 0) is 31.4 Å². The van der Waals surface area contributed by atoms with E-state index >= 15 is 0 Å². The number of aromatic nitrogens is 1. The predicted octanol–water partition coefficient (Wildman–Crippen LogP) is 1.39. The van der Waals surface area contributed by atoms with Crippen molar-refractivity contribution in [2.45, 2.75) is 19.3 Å². The predicted molar refractivity (Wildman–Crippen MR) is 93.7 cm³/mol. The third-order valence-electron chi connectivity index (χ3n) is 4.09. The minimum atomic E-state index is -0.103. The molecule has 1 aliphatic rings. The molecule has 1 aliphatic heterocycles. The number of likely N-dealkylation sites (tertiary alicyclic amines) is 1. The van der Waals surface area contributed by atoms with Crippen LogP contribution in [-0.4, -0.2) is 67.0 Å². The molecule has 2 heterocycles. The molecule has 0 radical (unpaired) electrons. The molecule has 0 aliphatic carbocycles. The molecule has 2 N–H and O–H groups in total. The molecular formula is C17H27N5O2. The van der Waals surface area contributed by atoms with Crippen molar-refractivity contribution in [3.63, 3.8) is 0 Å². The highest BCUT2D eigenvalue weighted by molar-refractivity contribution is 5.80. The number of anilines is 1. The number of nitrogens with one attached hydrogen (secondary N) is 2. The molecule has 3 amide bonds. The number of hydrogen-bond acceptors (Lipinski definition) is 4. The quantitative estimate of drug-likeness (QED) is 0.771. The van der Waals surface area contributed by atoms with E-state index in [1.165, 1.54) is 0 Å². The second kappa shape index (κ2) is 9.10. The Morgan fingerprint density at radius 2 is 2.21 bits per heavy atom. The number of carbonyl (C=O) groups excluding carboxylic acids is 2. The van der Waals surface area contributed by atoms with Crippen molar-refractivity contribution in [3.8, 4) is 0 Å². The van der Waals surface area contributed by atoms with Crippen molar-refractivity contribution in [2.75, 3.05) is 45.6 Å². The fourth-order valence-corrected chi connectivity index (χ4v) is 2.79. The first-order valence-corrected chi connectivity index (χ1v) is 8.46. The molecular weight excluding hydrogens is 306 g/mol. The molecule has 1 aromatic rings. The minimum absolute atomic E-state index is 0.0202. The van der Waals surface area contributed by atoms with E-state index < -0.39 is 0 Å². The smallest absolute Gasteiger partial charge is 0.319 e. The van der Waals surface area contributed by atoms with Crippen LogP contribution in [0.15, 0.2) is 24.5 Å². The van der Waals surface area contributed by atoms with E-state index in [1.807, 2.05) is 12.1 Å². The van der Waals surface area contributed by atoms with Gasteiger partial charge in [-0.1, -0.05) is 0 Å². The lowest BCUT2D eigenvalue weighted by Gasteiger charge is -2.33. The van der Waals surface area contributed by atoms with Crippen LogP contribution in [0.2, 0.25) is 0 Å². The fourth-order valence-electron chi connectivity index (χ4n) is 2.79. The van der Waals surface area contributed by atoms with Gasteiger partial charge in [0.15, 0.2) is 0 Å². The summed E-state index contributed by atoms with van der Waals surface area (Å²) in [6.07, 6.45) is 6.07. The largest absolute Gasteiger partial charge is 0.384 e. The Kier molecular flexibility index (Phi) is 6.84. The molecule has 24 heavy (non-hydrogen) atoms. The number of pyridine rings is 1. The van der Waals surface area contributed by atoms with Crippen LogP contribution in [0.3, 0.4) is 0 Å². The van der Waals surface area contributed by atoms with Gasteiger partial charge < -0.3 is 20.4 Å². The number of rotatable bonds is 6. The first-order chi connectivity index (χ1) is 11.6. The average Bonchev–Trinajstić information content (AvgIpc) is 2.61. The number of urea groups is 1. The van der Waals surface area contributed by atoms with Crippen LogP contribution in [0.25, 0.3) is 0 Å². The van der Waals surface area contributed by atoms with Gasteiger partial charge >= 0.3 is 6.03 Å². The summed E-state index contributed by atoms with van der Waals surface area (Å²) in [4.78, 5) is 31.6. The maximum atomic E-state index is 12.3. The molecule has 0 aromatic carbocycles. The van der Waals surface area contributed by atoms with E-state index in [1.54, 1.807) is 36.3 Å². The molecule has 1 atom stereocenters. The lowest BCUT2D eigenvalue weighted by Crippen LogP contribution is -2.48. The number of amides is 3. The van der Waals surface area contributed by atoms with Crippen LogP contribution in [0, 0.1) is 5.92 Å². The molecule has 2 rings (SSSR count). The van der Waals surface area contributed by atoms with Crippen LogP contribution < -0.4 is 10.6 Å². The van der Waals surface area contributed by atoms with Crippen molar-refractivity contribution in [2.24, 2.45) is 5.92 Å². The lowest BCUT2D eigenvalue weighted by atomic mass is 9.97. The van der Waals surface area contributed by atoms with Gasteiger partial charge in [0.1, 0.15) is 0 Å². The van der Waals surface area contributed by atoms with Crippen LogP contribution in [0.5, 0.6) is 0 Å². The van der Waals surface area contributed by atoms with Crippen molar-refractivity contribution >= 4 is 17.6 Å². The van der Waals surface area contributed by atoms with Gasteiger partial charge in [-0.25, -0.2) is 4.79 Å². The summed E-state index contributed by atoms with van der Waals surface area (Å²) in [6, 6.07) is 3.82. The van der Waals surface area contributed by atoms with E-state index in [-0.39, 0.29) is 17.9 Å². The van der Waals surface area contributed by atoms with Crippen molar-refractivity contribution in [1.29, 1.82) is 0 Å². The first kappa shape index (κ1) is 18.0. The van der Waals surface area contributed by atoms with Gasteiger partial charge in [0, 0.05) is 52.7 Å². The molecule has 7 nitrogen and oxygen atoms in total. The molecule has 1 aromatic heterocycles. The summed E-state index contributed by atoms with van der Waals surface area (Å²) in [5.41, 5.74) is 0.981. The van der Waals surface area contributed by atoms with Gasteiger partial charge in [0.25, 0.3) is 0 Å². The molecule has 0 spiro atoms. The Morgan fingerprint density at radius 3 is 2.92 bits per heavy atom. The zero-order chi connectivity index (χ0) is 17.4. The van der Waals surface area contributed by atoms with Gasteiger partial charge in [0.2, 0.25) is 5.91 Å². The topological polar surface area (TPSA) is 77.6 Å². The van der Waals surface area contributed by atoms with E-state index in [0.29, 0.717) is 13.1 Å². The summed E-state index contributed by atoms with van der Waals surface area (Å²) in [7, 11) is 3.47. The maximum Gasteiger partial charge on any atom is 0.319 e. The highest BCUT2D eigenvalue weighted by Gasteiger charge is 2.28. The molecule has 1 saturated heterocycles. The van der Waals surface area contributed by atoms with Crippen LogP contribution >= 0.6 is 0 Å². The fraction of sp³-hybridized carbons (Fsp3) is 0.588. The molecule has 1 unspecified atom stereocenters. The van der Waals surface area contributed by atoms with Gasteiger partial charge in [0.05, 0.1) is 11.6 Å². The minimum Gasteiger partial charge on any atom is -0.384 e. The normalized spacial score (nSPS) is 17.2. The standard InChI is InChI=1S/C17H27N5O2/c1-21(2)17(24)22-11-4-6-14(13-22)16(23)20-10-5-9-19-15-7-3-8-18-12-15/h3,7-8,12,14,19H,4-6,9-11,13H2,1-2H3,(H,20,23). The zero-order valence-electron chi connectivity index (χ0n) is 14.5. The van der Waals surface area contributed by atoms with Gasteiger partial charge in [-0.2, -0.15) is 0 Å². The zero-order valence-corrected chi connectivity index (χ0v) is 14.5. The highest BCUT2D eigenvalue weighted by Crippen LogP contribution is 2.17. The summed E-state index contributed by atoms with van der Waals surface area (Å²) in [5.74, 6) is -0.0541. The summed E-state index contributed by atoms with van der Waals surface area (Å²) >= 11 is 0. The van der Waals surface area contributed by atoms with Crippen molar-refractivity contribution in [3.05, 3.63) is 24.5 Å². The lowest BCUT2D eigenvalue weighted by molar-refractivity contribution is -0.126. The average molecular weight is 333 g/mol. The Morgan fingerprint density at radius 1 is 1.38 bits per heavy atom. The molecule has 0 bridgehead atoms. The van der Waals surface area contributed by atoms with Gasteiger partial charge in [-0.15, -0.1) is 0 Å². The Labute approximate surface area is 143 Å². The third kappa shape index (κ3) is 5.40. The third-order valence-corrected chi connectivity index (χ3v) is 4.09. The number of nitrogens with zero attached hydrogens (tertiary/aromatic N) is 3. The van der Waals surface area contributed by atoms with E-state index in [9.17, 15) is 9.59 Å². The van der Waals surface area contributed by atoms with Crippen molar-refractivity contribution < 1.29 is 9.59 Å². The summed E-state index contributed by atoms with van der Waals surface area (Å²) in [5, 5.41) is 6.24.